The molecule has 3 N–H and O–H groups in total. The number of aromatic nitrogens is 3. The highest BCUT2D eigenvalue weighted by molar-refractivity contribution is 6.20. The van der Waals surface area contributed by atoms with E-state index in [0.29, 0.717) is 6.08 Å². The number of aliphatic carboxylic acids is 2. The predicted molar refractivity (Wildman–Crippen MR) is 105 cm³/mol. The van der Waals surface area contributed by atoms with Gasteiger partial charge in [0.25, 0.3) is 0 Å². The van der Waals surface area contributed by atoms with Crippen LogP contribution in [0, 0.1) is 5.82 Å². The Morgan fingerprint density at radius 3 is 2.62 bits per heavy atom. The van der Waals surface area contributed by atoms with E-state index in [2.05, 4.69) is 10.2 Å². The highest BCUT2D eigenvalue weighted by atomic mass is 19.1. The van der Waals surface area contributed by atoms with E-state index in [1.165, 1.54) is 10.6 Å². The Kier molecular flexibility index (Phi) is 4.89. The van der Waals surface area contributed by atoms with Crippen molar-refractivity contribution in [3.63, 3.8) is 0 Å². The summed E-state index contributed by atoms with van der Waals surface area (Å²) >= 11 is 0. The van der Waals surface area contributed by atoms with Crippen molar-refractivity contribution in [2.75, 3.05) is 6.61 Å². The van der Waals surface area contributed by atoms with E-state index in [1.54, 1.807) is 0 Å². The van der Waals surface area contributed by atoms with E-state index in [9.17, 15) is 29.4 Å². The number of pyridine rings is 1. The van der Waals surface area contributed by atoms with Gasteiger partial charge in [-0.3, -0.25) is 4.79 Å². The molecule has 0 saturated heterocycles. The molecular weight excluding hydrogens is 429 g/mol. The number of carboxylic acids is 3. The molecule has 4 rings (SSSR count). The van der Waals surface area contributed by atoms with Crippen LogP contribution in [0.25, 0.3) is 27.6 Å². The van der Waals surface area contributed by atoms with Gasteiger partial charge in [0, 0.05) is 17.8 Å². The zero-order chi connectivity index (χ0) is 23.2. The summed E-state index contributed by atoms with van der Waals surface area (Å²) in [6.07, 6.45) is 2.68. The van der Waals surface area contributed by atoms with Crippen molar-refractivity contribution < 1.29 is 38.8 Å². The number of hydrogen-bond acceptors (Lipinski definition) is 7. The maximum atomic E-state index is 15.3. The topological polar surface area (TPSA) is 169 Å². The Hall–Kier alpha value is -4.61. The quantitative estimate of drug-likeness (QED) is 0.490. The van der Waals surface area contributed by atoms with Crippen molar-refractivity contribution in [2.45, 2.75) is 6.54 Å². The molecule has 12 heteroatoms. The lowest BCUT2D eigenvalue weighted by Gasteiger charge is -2.24. The molecule has 0 atom stereocenters. The van der Waals surface area contributed by atoms with E-state index in [-0.39, 0.29) is 40.9 Å². The van der Waals surface area contributed by atoms with Crippen LogP contribution in [0.2, 0.25) is 0 Å². The molecular formula is C20H12FN3O8. The second kappa shape index (κ2) is 7.58. The first-order chi connectivity index (χ1) is 15.2. The maximum absolute atomic E-state index is 15.3. The minimum Gasteiger partial charge on any atom is -0.489 e. The van der Waals surface area contributed by atoms with Crippen LogP contribution in [0.3, 0.4) is 0 Å². The van der Waals surface area contributed by atoms with Crippen molar-refractivity contribution in [1.82, 2.24) is 14.8 Å². The second-order valence-electron chi connectivity index (χ2n) is 6.67. The molecule has 0 amide bonds. The van der Waals surface area contributed by atoms with Crippen molar-refractivity contribution in [1.29, 1.82) is 0 Å². The Morgan fingerprint density at radius 1 is 1.22 bits per heavy atom. The summed E-state index contributed by atoms with van der Waals surface area (Å²) in [7, 11) is 0. The summed E-state index contributed by atoms with van der Waals surface area (Å²) in [4.78, 5) is 46.8. The molecule has 0 fully saturated rings. The van der Waals surface area contributed by atoms with Crippen LogP contribution in [0.15, 0.2) is 35.4 Å². The molecule has 0 aliphatic carbocycles. The number of nitrogens with zero attached hydrogens (tertiary/aromatic N) is 3. The van der Waals surface area contributed by atoms with Crippen molar-refractivity contribution in [3.8, 4) is 16.9 Å². The summed E-state index contributed by atoms with van der Waals surface area (Å²) < 4.78 is 22.4. The molecule has 1 aliphatic rings. The van der Waals surface area contributed by atoms with Gasteiger partial charge >= 0.3 is 17.9 Å². The zero-order valence-electron chi connectivity index (χ0n) is 15.9. The van der Waals surface area contributed by atoms with Crippen molar-refractivity contribution in [3.05, 3.63) is 57.9 Å². The minimum absolute atomic E-state index is 0.00504. The molecule has 1 aliphatic heterocycles. The third-order valence-corrected chi connectivity index (χ3v) is 4.82. The van der Waals surface area contributed by atoms with E-state index in [1.807, 2.05) is 0 Å². The Morgan fingerprint density at radius 2 is 1.97 bits per heavy atom. The van der Waals surface area contributed by atoms with Crippen LogP contribution >= 0.6 is 0 Å². The molecule has 0 unspecified atom stereocenters. The smallest absolute Gasteiger partial charge is 0.341 e. The Labute approximate surface area is 176 Å². The summed E-state index contributed by atoms with van der Waals surface area (Å²) in [6.45, 7) is 0.182. The summed E-state index contributed by atoms with van der Waals surface area (Å²) in [5.74, 6) is -5.81. The molecule has 0 bridgehead atoms. The lowest BCUT2D eigenvalue weighted by atomic mass is 9.96. The Bertz CT molecular complexity index is 1430. The van der Waals surface area contributed by atoms with Crippen molar-refractivity contribution in [2.24, 2.45) is 0 Å². The SMILES string of the molecule is O=C(O)/C=C(/C(=O)O)c1nnccc1-c1c(F)cc2c(=O)c(C(=O)O)cn3c2c1OCC3. The van der Waals surface area contributed by atoms with Gasteiger partial charge in [0.1, 0.15) is 23.7 Å². The van der Waals surface area contributed by atoms with Gasteiger partial charge in [0.15, 0.2) is 5.75 Å². The van der Waals surface area contributed by atoms with E-state index >= 15 is 4.39 Å². The lowest BCUT2D eigenvalue weighted by molar-refractivity contribution is -0.133. The molecule has 3 heterocycles. The van der Waals surface area contributed by atoms with Crippen LogP contribution in [0.4, 0.5) is 4.39 Å². The highest BCUT2D eigenvalue weighted by Gasteiger charge is 2.29. The molecule has 0 spiro atoms. The van der Waals surface area contributed by atoms with Gasteiger partial charge < -0.3 is 24.6 Å². The first-order valence-corrected chi connectivity index (χ1v) is 8.96. The minimum atomic E-state index is -1.63. The summed E-state index contributed by atoms with van der Waals surface area (Å²) in [5.41, 5.74) is -2.91. The number of carbonyl (C=O) groups is 3. The molecule has 32 heavy (non-hydrogen) atoms. The number of ether oxygens (including phenoxy) is 1. The third-order valence-electron chi connectivity index (χ3n) is 4.82. The number of hydrogen-bond donors (Lipinski definition) is 3. The molecule has 0 radical (unpaired) electrons. The van der Waals surface area contributed by atoms with E-state index in [0.717, 1.165) is 18.5 Å². The third kappa shape index (κ3) is 3.23. The fourth-order valence-corrected chi connectivity index (χ4v) is 3.55. The summed E-state index contributed by atoms with van der Waals surface area (Å²) in [6, 6.07) is 2.06. The monoisotopic (exact) mass is 441 g/mol. The van der Waals surface area contributed by atoms with Crippen molar-refractivity contribution >= 4 is 34.4 Å². The molecule has 11 nitrogen and oxygen atoms in total. The zero-order valence-corrected chi connectivity index (χ0v) is 15.9. The standard InChI is InChI=1S/C20H12FN3O8/c21-12-5-10-16-18(32-4-3-24(16)7-11(17(10)27)20(30)31)14(12)8-1-2-22-23-15(8)9(19(28)29)6-13(25)26/h1-2,5-7H,3-4H2,(H,25,26)(H,28,29)(H,30,31)/b9-6+. The molecule has 0 saturated carbocycles. The summed E-state index contributed by atoms with van der Waals surface area (Å²) in [5, 5.41) is 34.8. The number of carboxylic acid groups (broad SMARTS) is 3. The fraction of sp³-hybridized carbons (Fsp3) is 0.100. The first-order valence-electron chi connectivity index (χ1n) is 8.96. The normalized spacial score (nSPS) is 13.0. The molecule has 2 aromatic heterocycles. The number of rotatable bonds is 5. The van der Waals surface area contributed by atoms with E-state index in [4.69, 9.17) is 9.84 Å². The average molecular weight is 441 g/mol. The van der Waals surface area contributed by atoms with Crippen LogP contribution < -0.4 is 10.2 Å². The predicted octanol–water partition coefficient (Wildman–Crippen LogP) is 1.24. The van der Waals surface area contributed by atoms with Gasteiger partial charge in [-0.1, -0.05) is 0 Å². The molecule has 3 aromatic rings. The van der Waals surface area contributed by atoms with Gasteiger partial charge in [-0.2, -0.15) is 5.10 Å². The van der Waals surface area contributed by atoms with Gasteiger partial charge in [-0.05, 0) is 12.1 Å². The number of benzene rings is 1. The fourth-order valence-electron chi connectivity index (χ4n) is 3.55. The van der Waals surface area contributed by atoms with E-state index < -0.39 is 46.0 Å². The van der Waals surface area contributed by atoms with Crippen LogP contribution in [-0.2, 0) is 16.1 Å². The highest BCUT2D eigenvalue weighted by Crippen LogP contribution is 2.42. The van der Waals surface area contributed by atoms with Gasteiger partial charge in [0.2, 0.25) is 5.43 Å². The first kappa shape index (κ1) is 20.7. The van der Waals surface area contributed by atoms with Gasteiger partial charge in [-0.25, -0.2) is 18.8 Å². The van der Waals surface area contributed by atoms with Crippen LogP contribution in [-0.4, -0.2) is 54.6 Å². The number of aromatic carboxylic acids is 1. The second-order valence-corrected chi connectivity index (χ2v) is 6.67. The maximum Gasteiger partial charge on any atom is 0.341 e. The van der Waals surface area contributed by atoms with Gasteiger partial charge in [-0.15, -0.1) is 5.10 Å². The molecule has 1 aromatic carbocycles. The lowest BCUT2D eigenvalue weighted by Crippen LogP contribution is -2.24. The average Bonchev–Trinajstić information content (AvgIpc) is 2.74. The molecule has 162 valence electrons. The van der Waals surface area contributed by atoms with Crippen LogP contribution in [0.5, 0.6) is 5.75 Å². The Balaban J connectivity index is 2.11. The largest absolute Gasteiger partial charge is 0.489 e. The van der Waals surface area contributed by atoms with Crippen LogP contribution in [0.1, 0.15) is 16.1 Å². The van der Waals surface area contributed by atoms with Gasteiger partial charge in [0.05, 0.1) is 34.8 Å². The number of halogens is 1.